The quantitative estimate of drug-likeness (QED) is 0.574. The van der Waals surface area contributed by atoms with Crippen LogP contribution in [0.4, 0.5) is 5.88 Å². The van der Waals surface area contributed by atoms with Gasteiger partial charge >= 0.3 is 0 Å². The monoisotopic (exact) mass is 382 g/mol. The third-order valence-electron chi connectivity index (χ3n) is 3.92. The zero-order chi connectivity index (χ0) is 19.3. The minimum absolute atomic E-state index is 0.307. The fourth-order valence-corrected chi connectivity index (χ4v) is 4.84. The lowest BCUT2D eigenvalue weighted by atomic mass is 10.2. The summed E-state index contributed by atoms with van der Waals surface area (Å²) >= 11 is 0. The summed E-state index contributed by atoms with van der Waals surface area (Å²) in [4.78, 5) is 6.29. The van der Waals surface area contributed by atoms with Gasteiger partial charge in [-0.25, -0.2) is 4.98 Å². The number of nitrogens with zero attached hydrogens (tertiary/aromatic N) is 2. The number of hydrogen-bond acceptors (Lipinski definition) is 5. The smallest absolute Gasteiger partial charge is 0.284 e. The van der Waals surface area contributed by atoms with Crippen molar-refractivity contribution in [3.05, 3.63) is 72.1 Å². The van der Waals surface area contributed by atoms with E-state index in [2.05, 4.69) is 4.98 Å². The first-order chi connectivity index (χ1) is 13.0. The van der Waals surface area contributed by atoms with Crippen molar-refractivity contribution in [1.82, 2.24) is 4.98 Å². The van der Waals surface area contributed by atoms with Gasteiger partial charge in [0.25, 0.3) is 7.37 Å². The zero-order valence-electron chi connectivity index (χ0n) is 15.7. The van der Waals surface area contributed by atoms with Gasteiger partial charge < -0.3 is 13.8 Å². The molecule has 5 nitrogen and oxygen atoms in total. The Hall–Kier alpha value is -2.62. The topological polar surface area (TPSA) is 55.6 Å². The summed E-state index contributed by atoms with van der Waals surface area (Å²) in [5, 5.41) is 0.599. The third-order valence-corrected chi connectivity index (χ3v) is 6.37. The number of oxazole rings is 1. The number of hydrogen-bond donors (Lipinski definition) is 0. The van der Waals surface area contributed by atoms with Gasteiger partial charge in [0.15, 0.2) is 5.44 Å². The highest BCUT2D eigenvalue weighted by atomic mass is 31.2. The van der Waals surface area contributed by atoms with Crippen LogP contribution in [0.3, 0.4) is 0 Å². The zero-order valence-corrected chi connectivity index (χ0v) is 16.6. The van der Waals surface area contributed by atoms with Gasteiger partial charge in [-0.15, -0.1) is 0 Å². The molecule has 1 aromatic heterocycles. The summed E-state index contributed by atoms with van der Waals surface area (Å²) in [7, 11) is 0.288. The molecule has 6 heteroatoms. The van der Waals surface area contributed by atoms with Gasteiger partial charge in [-0.1, -0.05) is 48.5 Å². The summed E-state index contributed by atoms with van der Waals surface area (Å²) < 4.78 is 25.5. The molecule has 27 heavy (non-hydrogen) atoms. The van der Waals surface area contributed by atoms with Gasteiger partial charge in [-0.05, 0) is 30.7 Å². The van der Waals surface area contributed by atoms with Crippen molar-refractivity contribution in [2.24, 2.45) is 0 Å². The predicted octanol–water partition coefficient (Wildman–Crippen LogP) is 4.18. The number of anilines is 1. The van der Waals surface area contributed by atoms with Gasteiger partial charge in [0.2, 0.25) is 11.8 Å². The van der Waals surface area contributed by atoms with Crippen LogP contribution in [0, 0.1) is 0 Å². The first-order valence-corrected chi connectivity index (χ1v) is 10.4. The molecule has 0 aliphatic heterocycles. The molecule has 1 heterocycles. The Labute approximate surface area is 159 Å². The molecule has 1 unspecified atom stereocenters. The first-order valence-electron chi connectivity index (χ1n) is 8.76. The van der Waals surface area contributed by atoms with E-state index in [9.17, 15) is 4.57 Å². The van der Waals surface area contributed by atoms with E-state index in [4.69, 9.17) is 8.94 Å². The summed E-state index contributed by atoms with van der Waals surface area (Å²) in [5.41, 5.74) is 1.35. The molecule has 0 aliphatic carbocycles. The molecule has 0 fully saturated rings. The molecule has 0 N–H and O–H groups in total. The second-order valence-electron chi connectivity index (χ2n) is 6.12. The normalized spacial score (nSPS) is 13.6. The van der Waals surface area contributed by atoms with E-state index >= 15 is 0 Å². The maximum atomic E-state index is 13.8. The van der Waals surface area contributed by atoms with Crippen LogP contribution in [0.15, 0.2) is 65.1 Å². The van der Waals surface area contributed by atoms with Crippen molar-refractivity contribution in [2.45, 2.75) is 6.92 Å². The maximum absolute atomic E-state index is 13.8. The van der Waals surface area contributed by atoms with Crippen LogP contribution in [0.1, 0.15) is 18.4 Å². The Balaban J connectivity index is 2.06. The van der Waals surface area contributed by atoms with Crippen molar-refractivity contribution in [3.63, 3.8) is 0 Å². The lowest BCUT2D eigenvalue weighted by Gasteiger charge is -2.18. The van der Waals surface area contributed by atoms with Crippen LogP contribution in [0.5, 0.6) is 0 Å². The van der Waals surface area contributed by atoms with E-state index in [0.717, 1.165) is 5.56 Å². The van der Waals surface area contributed by atoms with Crippen LogP contribution in [0.25, 0.3) is 12.2 Å². The van der Waals surface area contributed by atoms with Crippen molar-refractivity contribution in [3.8, 4) is 0 Å². The maximum Gasteiger partial charge on any atom is 0.284 e. The van der Waals surface area contributed by atoms with E-state index < -0.39 is 7.37 Å². The number of rotatable bonds is 7. The van der Waals surface area contributed by atoms with Crippen LogP contribution in [-0.2, 0) is 9.09 Å². The van der Waals surface area contributed by atoms with Crippen molar-refractivity contribution in [1.29, 1.82) is 0 Å². The fraction of sp³-hybridized carbons (Fsp3) is 0.190. The Morgan fingerprint density at radius 1 is 1.04 bits per heavy atom. The summed E-state index contributed by atoms with van der Waals surface area (Å²) in [5.74, 6) is 0.816. The predicted molar refractivity (Wildman–Crippen MR) is 111 cm³/mol. The summed E-state index contributed by atoms with van der Waals surface area (Å²) in [6.07, 6.45) is 3.68. The minimum Gasteiger partial charge on any atom is -0.420 e. The molecule has 0 saturated carbocycles. The third kappa shape index (κ3) is 4.21. The SMILES string of the molecule is CCOP(=O)(c1ccccc1)c1nc(C=Cc2ccccc2)oc1N(C)C. The van der Waals surface area contributed by atoms with Crippen molar-refractivity contribution in [2.75, 3.05) is 25.6 Å². The van der Waals surface area contributed by atoms with E-state index in [1.807, 2.05) is 75.6 Å². The Morgan fingerprint density at radius 3 is 2.26 bits per heavy atom. The van der Waals surface area contributed by atoms with Crippen LogP contribution in [0.2, 0.25) is 0 Å². The van der Waals surface area contributed by atoms with Gasteiger partial charge in [-0.2, -0.15) is 0 Å². The average Bonchev–Trinajstić information content (AvgIpc) is 3.13. The molecule has 3 aromatic rings. The molecule has 3 rings (SSSR count). The average molecular weight is 382 g/mol. The van der Waals surface area contributed by atoms with E-state index in [1.54, 1.807) is 23.1 Å². The molecule has 0 bridgehead atoms. The van der Waals surface area contributed by atoms with Crippen LogP contribution < -0.4 is 15.6 Å². The molecule has 140 valence electrons. The molecule has 0 radical (unpaired) electrons. The fourth-order valence-electron chi connectivity index (χ4n) is 2.67. The molecule has 0 spiro atoms. The number of benzene rings is 2. The summed E-state index contributed by atoms with van der Waals surface area (Å²) in [6, 6.07) is 19.0. The molecule has 0 saturated heterocycles. The lowest BCUT2D eigenvalue weighted by Crippen LogP contribution is -2.24. The standard InChI is InChI=1S/C21H23N2O3P/c1-4-25-27(24,18-13-9-6-10-14-18)20-21(23(2)3)26-19(22-20)16-15-17-11-7-5-8-12-17/h5-16H,4H2,1-3H3. The highest BCUT2D eigenvalue weighted by Gasteiger charge is 2.36. The minimum atomic E-state index is -3.37. The Kier molecular flexibility index (Phi) is 5.94. The van der Waals surface area contributed by atoms with Crippen molar-refractivity contribution >= 4 is 36.1 Å². The second-order valence-corrected chi connectivity index (χ2v) is 8.43. The van der Waals surface area contributed by atoms with Gasteiger partial charge in [0, 0.05) is 25.5 Å². The Morgan fingerprint density at radius 2 is 1.67 bits per heavy atom. The molecule has 1 atom stereocenters. The van der Waals surface area contributed by atoms with Gasteiger partial charge in [-0.3, -0.25) is 4.57 Å². The first kappa shape index (κ1) is 19.2. The van der Waals surface area contributed by atoms with Crippen LogP contribution >= 0.6 is 7.37 Å². The largest absolute Gasteiger partial charge is 0.420 e. The molecule has 0 amide bonds. The molecular formula is C21H23N2O3P. The summed E-state index contributed by atoms with van der Waals surface area (Å²) in [6.45, 7) is 2.13. The lowest BCUT2D eigenvalue weighted by molar-refractivity contribution is 0.347. The van der Waals surface area contributed by atoms with Crippen molar-refractivity contribution < 1.29 is 13.5 Å². The molecule has 0 aliphatic rings. The highest BCUT2D eigenvalue weighted by molar-refractivity contribution is 7.74. The highest BCUT2D eigenvalue weighted by Crippen LogP contribution is 2.46. The van der Waals surface area contributed by atoms with Gasteiger partial charge in [0.05, 0.1) is 6.61 Å². The second kappa shape index (κ2) is 8.38. The number of aromatic nitrogens is 1. The van der Waals surface area contributed by atoms with E-state index in [-0.39, 0.29) is 0 Å². The molecule has 2 aromatic carbocycles. The van der Waals surface area contributed by atoms with Gasteiger partial charge in [0.1, 0.15) is 0 Å². The van der Waals surface area contributed by atoms with E-state index in [1.165, 1.54) is 0 Å². The van der Waals surface area contributed by atoms with E-state index in [0.29, 0.717) is 29.1 Å². The van der Waals surface area contributed by atoms with Crippen LogP contribution in [-0.4, -0.2) is 25.7 Å². The Bertz CT molecular complexity index is 950. The molecular weight excluding hydrogens is 359 g/mol.